The Bertz CT molecular complexity index is 707. The summed E-state index contributed by atoms with van der Waals surface area (Å²) in [5.41, 5.74) is 2.14. The Balaban J connectivity index is 1.85. The first kappa shape index (κ1) is 12.7. The minimum atomic E-state index is 0.264. The summed E-state index contributed by atoms with van der Waals surface area (Å²) < 4.78 is 7.80. The molecule has 5 nitrogen and oxygen atoms in total. The topological polar surface area (TPSA) is 59.6 Å². The van der Waals surface area contributed by atoms with Crippen LogP contribution in [0.5, 0.6) is 0 Å². The van der Waals surface area contributed by atoms with Gasteiger partial charge < -0.3 is 8.98 Å². The fraction of sp³-hybridized carbons (Fsp3) is 0.333. The van der Waals surface area contributed by atoms with Crippen LogP contribution in [0.25, 0.3) is 11.6 Å². The second-order valence-corrected chi connectivity index (χ2v) is 5.16. The average Bonchev–Trinajstić information content (AvgIpc) is 3.09. The van der Waals surface area contributed by atoms with Crippen molar-refractivity contribution < 1.29 is 4.42 Å². The molecule has 0 amide bonds. The molecule has 104 valence electrons. The van der Waals surface area contributed by atoms with Gasteiger partial charge in [-0.1, -0.05) is 0 Å². The minimum Gasteiger partial charge on any atom is -0.458 e. The summed E-state index contributed by atoms with van der Waals surface area (Å²) in [6, 6.07) is 6.25. The van der Waals surface area contributed by atoms with E-state index in [1.54, 1.807) is 6.20 Å². The van der Waals surface area contributed by atoms with Crippen molar-refractivity contribution in [3.63, 3.8) is 0 Å². The lowest BCUT2D eigenvalue weighted by molar-refractivity contribution is 0.510. The van der Waals surface area contributed by atoms with Crippen molar-refractivity contribution >= 4 is 0 Å². The van der Waals surface area contributed by atoms with Crippen LogP contribution in [0.15, 0.2) is 35.0 Å². The Hall–Kier alpha value is -2.30. The molecule has 0 aliphatic heterocycles. The lowest BCUT2D eigenvalue weighted by Crippen LogP contribution is -2.09. The molecule has 3 rings (SSSR count). The zero-order valence-electron chi connectivity index (χ0n) is 11.9. The fourth-order valence-electron chi connectivity index (χ4n) is 2.39. The van der Waals surface area contributed by atoms with Crippen molar-refractivity contribution in [3.05, 3.63) is 47.7 Å². The van der Waals surface area contributed by atoms with Crippen LogP contribution in [-0.2, 0) is 6.42 Å². The Morgan fingerprint density at radius 3 is 2.85 bits per heavy atom. The number of H-pyrrole nitrogens is 1. The molecule has 0 saturated carbocycles. The van der Waals surface area contributed by atoms with Crippen molar-refractivity contribution in [2.24, 2.45) is 0 Å². The maximum absolute atomic E-state index is 5.67. The zero-order chi connectivity index (χ0) is 14.1. The second kappa shape index (κ2) is 5.00. The van der Waals surface area contributed by atoms with Crippen LogP contribution >= 0.6 is 0 Å². The molecular weight excluding hydrogens is 252 g/mol. The molecule has 0 fully saturated rings. The maximum atomic E-state index is 5.67. The highest BCUT2D eigenvalue weighted by molar-refractivity contribution is 5.48. The summed E-state index contributed by atoms with van der Waals surface area (Å²) in [4.78, 5) is 4.41. The molecule has 1 atom stereocenters. The van der Waals surface area contributed by atoms with Crippen LogP contribution in [0.1, 0.15) is 30.1 Å². The predicted molar refractivity (Wildman–Crippen MR) is 76.4 cm³/mol. The summed E-state index contributed by atoms with van der Waals surface area (Å²) >= 11 is 0. The van der Waals surface area contributed by atoms with Crippen LogP contribution in [0.4, 0.5) is 0 Å². The average molecular weight is 270 g/mol. The Morgan fingerprint density at radius 2 is 2.20 bits per heavy atom. The van der Waals surface area contributed by atoms with Gasteiger partial charge in [-0.3, -0.25) is 5.10 Å². The van der Waals surface area contributed by atoms with Gasteiger partial charge in [0.1, 0.15) is 5.76 Å². The predicted octanol–water partition coefficient (Wildman–Crippen LogP) is 3.29. The van der Waals surface area contributed by atoms with Crippen LogP contribution in [0.2, 0.25) is 0 Å². The number of rotatable bonds is 4. The number of aromatic nitrogens is 4. The molecular formula is C15H18N4O. The highest BCUT2D eigenvalue weighted by Gasteiger charge is 2.15. The number of aryl methyl sites for hydroxylation is 2. The highest BCUT2D eigenvalue weighted by Crippen LogP contribution is 2.24. The van der Waals surface area contributed by atoms with Gasteiger partial charge in [-0.05, 0) is 39.0 Å². The zero-order valence-corrected chi connectivity index (χ0v) is 11.9. The van der Waals surface area contributed by atoms with E-state index in [0.29, 0.717) is 0 Å². The molecule has 0 radical (unpaired) electrons. The first-order chi connectivity index (χ1) is 9.63. The van der Waals surface area contributed by atoms with E-state index in [1.807, 2.05) is 32.2 Å². The van der Waals surface area contributed by atoms with Crippen LogP contribution < -0.4 is 0 Å². The standard InChI is InChI=1S/C15H18N4O/c1-10-8-13(18-17-10)9-11(2)19-7-6-16-15(19)14-5-4-12(3)20-14/h4-8,11H,9H2,1-3H3,(H,17,18)/t11-/m1/s1. The highest BCUT2D eigenvalue weighted by atomic mass is 16.3. The van der Waals surface area contributed by atoms with Crippen molar-refractivity contribution in [1.82, 2.24) is 19.7 Å². The normalized spacial score (nSPS) is 12.8. The quantitative estimate of drug-likeness (QED) is 0.791. The van der Waals surface area contributed by atoms with Gasteiger partial charge >= 0.3 is 0 Å². The number of furan rings is 1. The monoisotopic (exact) mass is 270 g/mol. The summed E-state index contributed by atoms with van der Waals surface area (Å²) in [7, 11) is 0. The number of nitrogens with one attached hydrogen (secondary N) is 1. The first-order valence-electron chi connectivity index (χ1n) is 6.74. The van der Waals surface area contributed by atoms with E-state index in [9.17, 15) is 0 Å². The largest absolute Gasteiger partial charge is 0.458 e. The molecule has 5 heteroatoms. The van der Waals surface area contributed by atoms with E-state index >= 15 is 0 Å². The van der Waals surface area contributed by atoms with Crippen molar-refractivity contribution in [1.29, 1.82) is 0 Å². The van der Waals surface area contributed by atoms with E-state index in [4.69, 9.17) is 4.42 Å². The number of aromatic amines is 1. The molecule has 0 saturated heterocycles. The molecule has 0 aliphatic carbocycles. The van der Waals surface area contributed by atoms with E-state index < -0.39 is 0 Å². The van der Waals surface area contributed by atoms with Crippen molar-refractivity contribution in [2.75, 3.05) is 0 Å². The van der Waals surface area contributed by atoms with E-state index in [1.165, 1.54) is 0 Å². The molecule has 0 aromatic carbocycles. The van der Waals surface area contributed by atoms with Gasteiger partial charge in [0.15, 0.2) is 11.6 Å². The molecule has 0 unspecified atom stereocenters. The SMILES string of the molecule is Cc1cc(C[C@@H](C)n2ccnc2-c2ccc(C)o2)n[nH]1. The fourth-order valence-corrected chi connectivity index (χ4v) is 2.39. The third-order valence-electron chi connectivity index (χ3n) is 3.37. The molecule has 0 aliphatic rings. The van der Waals surface area contributed by atoms with Gasteiger partial charge in [-0.25, -0.2) is 4.98 Å². The lowest BCUT2D eigenvalue weighted by atomic mass is 10.1. The third kappa shape index (κ3) is 2.39. The van der Waals surface area contributed by atoms with Gasteiger partial charge in [0.05, 0.1) is 5.69 Å². The van der Waals surface area contributed by atoms with E-state index in [2.05, 4.69) is 32.7 Å². The third-order valence-corrected chi connectivity index (χ3v) is 3.37. The molecule has 1 N–H and O–H groups in total. The molecule has 0 bridgehead atoms. The first-order valence-corrected chi connectivity index (χ1v) is 6.74. The Kier molecular flexibility index (Phi) is 3.18. The van der Waals surface area contributed by atoms with E-state index in [-0.39, 0.29) is 6.04 Å². The smallest absolute Gasteiger partial charge is 0.176 e. The van der Waals surface area contributed by atoms with Crippen molar-refractivity contribution in [3.8, 4) is 11.6 Å². The maximum Gasteiger partial charge on any atom is 0.176 e. The number of nitrogens with zero attached hydrogens (tertiary/aromatic N) is 3. The van der Waals surface area contributed by atoms with Crippen LogP contribution in [0.3, 0.4) is 0 Å². The molecule has 0 spiro atoms. The van der Waals surface area contributed by atoms with Gasteiger partial charge in [-0.2, -0.15) is 5.10 Å². The second-order valence-electron chi connectivity index (χ2n) is 5.16. The summed E-state index contributed by atoms with van der Waals surface area (Å²) in [6.45, 7) is 6.10. The Morgan fingerprint density at radius 1 is 1.35 bits per heavy atom. The number of hydrogen-bond donors (Lipinski definition) is 1. The van der Waals surface area contributed by atoms with Gasteiger partial charge in [0.2, 0.25) is 0 Å². The number of hydrogen-bond acceptors (Lipinski definition) is 3. The van der Waals surface area contributed by atoms with Crippen LogP contribution in [-0.4, -0.2) is 19.7 Å². The van der Waals surface area contributed by atoms with Gasteiger partial charge in [0.25, 0.3) is 0 Å². The molecule has 3 heterocycles. The summed E-state index contributed by atoms with van der Waals surface area (Å²) in [5.74, 6) is 2.56. The molecule has 3 aromatic heterocycles. The van der Waals surface area contributed by atoms with Crippen LogP contribution in [0, 0.1) is 13.8 Å². The Labute approximate surface area is 117 Å². The molecule has 3 aromatic rings. The summed E-state index contributed by atoms with van der Waals surface area (Å²) in [5, 5.41) is 7.27. The van der Waals surface area contributed by atoms with Crippen molar-refractivity contribution in [2.45, 2.75) is 33.2 Å². The minimum absolute atomic E-state index is 0.264. The molecule has 20 heavy (non-hydrogen) atoms. The summed E-state index contributed by atoms with van der Waals surface area (Å²) in [6.07, 6.45) is 4.64. The number of imidazole rings is 1. The van der Waals surface area contributed by atoms with E-state index in [0.717, 1.165) is 35.2 Å². The van der Waals surface area contributed by atoms with Gasteiger partial charge in [0, 0.05) is 30.6 Å². The van der Waals surface area contributed by atoms with Gasteiger partial charge in [-0.15, -0.1) is 0 Å². The lowest BCUT2D eigenvalue weighted by Gasteiger charge is -2.14.